The first-order chi connectivity index (χ1) is 28.6. The van der Waals surface area contributed by atoms with Gasteiger partial charge in [-0.15, -0.1) is 0 Å². The molecule has 0 radical (unpaired) electrons. The van der Waals surface area contributed by atoms with E-state index in [0.717, 1.165) is 42.4 Å². The molecule has 0 spiro atoms. The first kappa shape index (κ1) is 42.9. The fraction of sp³-hybridized carbons (Fsp3) is 0.457. The van der Waals surface area contributed by atoms with Crippen LogP contribution in [-0.2, 0) is 29.0 Å². The Kier molecular flexibility index (Phi) is 14.4. The van der Waals surface area contributed by atoms with E-state index in [4.69, 9.17) is 14.6 Å². The molecule has 1 unspecified atom stereocenters. The number of benzene rings is 3. The van der Waals surface area contributed by atoms with E-state index >= 15 is 0 Å². The van der Waals surface area contributed by atoms with Crippen LogP contribution >= 0.6 is 0 Å². The van der Waals surface area contributed by atoms with Crippen molar-refractivity contribution in [2.24, 2.45) is 5.92 Å². The molecular formula is C46H58N6O7. The van der Waals surface area contributed by atoms with Crippen molar-refractivity contribution >= 4 is 29.3 Å². The minimum atomic E-state index is -0.579. The highest BCUT2D eigenvalue weighted by molar-refractivity contribution is 6.02. The minimum Gasteiger partial charge on any atom is -0.493 e. The van der Waals surface area contributed by atoms with Gasteiger partial charge in [-0.1, -0.05) is 57.0 Å². The molecular weight excluding hydrogens is 749 g/mol. The van der Waals surface area contributed by atoms with Crippen LogP contribution in [0.25, 0.3) is 5.69 Å². The third-order valence-electron chi connectivity index (χ3n) is 11.5. The number of aromatic nitrogens is 2. The molecule has 1 fully saturated rings. The molecule has 1 saturated heterocycles. The molecule has 59 heavy (non-hydrogen) atoms. The van der Waals surface area contributed by atoms with Gasteiger partial charge in [0.05, 0.1) is 31.4 Å². The Bertz CT molecular complexity index is 2120. The maximum atomic E-state index is 14.9. The number of nitrogens with zero attached hydrogens (tertiary/aromatic N) is 5. The lowest BCUT2D eigenvalue weighted by Crippen LogP contribution is -2.45. The Morgan fingerprint density at radius 3 is 2.34 bits per heavy atom. The van der Waals surface area contributed by atoms with Crippen molar-refractivity contribution < 1.29 is 33.8 Å². The summed E-state index contributed by atoms with van der Waals surface area (Å²) in [5.41, 5.74) is 5.30. The number of amides is 4. The first-order valence-electron chi connectivity index (χ1n) is 20.9. The van der Waals surface area contributed by atoms with Crippen LogP contribution in [0, 0.1) is 12.8 Å². The van der Waals surface area contributed by atoms with Gasteiger partial charge in [0, 0.05) is 63.2 Å². The van der Waals surface area contributed by atoms with Gasteiger partial charge in [-0.3, -0.25) is 19.2 Å². The molecule has 13 nitrogen and oxygen atoms in total. The second-order valence-corrected chi connectivity index (χ2v) is 15.6. The Morgan fingerprint density at radius 1 is 0.915 bits per heavy atom. The molecule has 0 aliphatic carbocycles. The van der Waals surface area contributed by atoms with Crippen molar-refractivity contribution in [2.75, 3.05) is 52.3 Å². The van der Waals surface area contributed by atoms with Crippen molar-refractivity contribution in [3.63, 3.8) is 0 Å². The third kappa shape index (κ3) is 9.96. The summed E-state index contributed by atoms with van der Waals surface area (Å²) in [6.45, 7) is 8.33. The van der Waals surface area contributed by atoms with Crippen LogP contribution in [-0.4, -0.2) is 106 Å². The zero-order chi connectivity index (χ0) is 42.1. The highest BCUT2D eigenvalue weighted by atomic mass is 16.5. The normalized spacial score (nSPS) is 16.2. The lowest BCUT2D eigenvalue weighted by Gasteiger charge is -2.37. The van der Waals surface area contributed by atoms with E-state index in [-0.39, 0.29) is 49.2 Å². The van der Waals surface area contributed by atoms with Crippen LogP contribution in [0.2, 0.25) is 0 Å². The van der Waals surface area contributed by atoms with Gasteiger partial charge in [0.25, 0.3) is 11.8 Å². The number of anilines is 1. The smallest absolute Gasteiger partial charge is 0.274 e. The molecule has 0 saturated carbocycles. The molecule has 3 heterocycles. The number of methoxy groups -OCH3 is 2. The predicted octanol–water partition coefficient (Wildman–Crippen LogP) is 6.22. The van der Waals surface area contributed by atoms with Crippen LogP contribution in [0.4, 0.5) is 5.69 Å². The summed E-state index contributed by atoms with van der Waals surface area (Å²) in [5, 5.41) is 17.9. The summed E-state index contributed by atoms with van der Waals surface area (Å²) in [6, 6.07) is 20.3. The first-order valence-corrected chi connectivity index (χ1v) is 20.9. The van der Waals surface area contributed by atoms with E-state index in [1.165, 1.54) is 0 Å². The summed E-state index contributed by atoms with van der Waals surface area (Å²) >= 11 is 0. The van der Waals surface area contributed by atoms with Gasteiger partial charge in [0.1, 0.15) is 0 Å². The molecule has 0 bridgehead atoms. The van der Waals surface area contributed by atoms with Gasteiger partial charge in [0.2, 0.25) is 11.8 Å². The number of hydrogen-bond donors (Lipinski definition) is 2. The summed E-state index contributed by atoms with van der Waals surface area (Å²) in [6.07, 6.45) is 5.36. The molecule has 2 aliphatic heterocycles. The number of unbranched alkanes of at least 4 members (excludes halogenated alkanes) is 2. The second kappa shape index (κ2) is 19.8. The lowest BCUT2D eigenvalue weighted by atomic mass is 9.91. The number of hydrogen-bond acceptors (Lipinski definition) is 8. The van der Waals surface area contributed by atoms with Crippen LogP contribution in [0.15, 0.2) is 66.7 Å². The number of fused-ring (bicyclic) bond motifs is 1. The molecule has 314 valence electrons. The number of nitrogens with one attached hydrogen (secondary N) is 1. The highest BCUT2D eigenvalue weighted by Gasteiger charge is 2.35. The monoisotopic (exact) mass is 806 g/mol. The van der Waals surface area contributed by atoms with E-state index in [9.17, 15) is 24.3 Å². The number of carbonyl (C=O) groups excluding carboxylic acids is 4. The number of aliphatic hydroxyl groups is 1. The van der Waals surface area contributed by atoms with Crippen LogP contribution < -0.4 is 14.8 Å². The van der Waals surface area contributed by atoms with Crippen molar-refractivity contribution in [1.82, 2.24) is 24.5 Å². The fourth-order valence-electron chi connectivity index (χ4n) is 8.06. The molecule has 6 rings (SSSR count). The zero-order valence-electron chi connectivity index (χ0n) is 35.0. The topological polar surface area (TPSA) is 147 Å². The van der Waals surface area contributed by atoms with E-state index in [2.05, 4.69) is 25.2 Å². The van der Waals surface area contributed by atoms with Crippen LogP contribution in [0.1, 0.15) is 95.6 Å². The average molecular weight is 807 g/mol. The number of aryl methyl sites for hydroxylation is 1. The van der Waals surface area contributed by atoms with Crippen molar-refractivity contribution in [1.29, 1.82) is 0 Å². The van der Waals surface area contributed by atoms with E-state index < -0.39 is 5.92 Å². The number of rotatable bonds is 18. The Labute approximate surface area is 347 Å². The largest absolute Gasteiger partial charge is 0.493 e. The average Bonchev–Trinajstić information content (AvgIpc) is 3.83. The molecule has 2 aliphatic rings. The molecule has 4 amide bonds. The summed E-state index contributed by atoms with van der Waals surface area (Å²) in [4.78, 5) is 61.0. The standard InChI is InChI=1S/C46H58N6O7/c1-6-8-20-49(21-9-7-2)46(57)39-24-31(3)52(48-39)40-16-15-36(28-38(40)45(56)51-30-34-13-11-10-12-33(34)26-37(51)19-23-53)47-44(55)35-27-43(54)50(29-35)22-18-32-14-17-41(58-4)42(25-32)59-5/h10-17,24-25,28,35,37,53H,6-9,18-23,26-27,29-30H2,1-5H3,(H,47,55)/t35?,37-/m1/s1. The highest BCUT2D eigenvalue weighted by Crippen LogP contribution is 2.32. The predicted molar refractivity (Wildman–Crippen MR) is 226 cm³/mol. The van der Waals surface area contributed by atoms with Gasteiger partial charge < -0.3 is 34.6 Å². The molecule has 4 aromatic rings. The number of ether oxygens (including phenoxy) is 2. The molecule has 13 heteroatoms. The summed E-state index contributed by atoms with van der Waals surface area (Å²) in [5.74, 6) is -0.182. The van der Waals surface area contributed by atoms with Crippen LogP contribution in [0.3, 0.4) is 0 Å². The second-order valence-electron chi connectivity index (χ2n) is 15.6. The third-order valence-corrected chi connectivity index (χ3v) is 11.5. The summed E-state index contributed by atoms with van der Waals surface area (Å²) in [7, 11) is 3.16. The quantitative estimate of drug-likeness (QED) is 0.121. The SMILES string of the molecule is CCCCN(CCCC)C(=O)c1cc(C)n(-c2ccc(NC(=O)C3CC(=O)N(CCc4ccc(OC)c(OC)c4)C3)cc2C(=O)N2Cc3ccccc3C[C@H]2CCO)n1. The lowest BCUT2D eigenvalue weighted by molar-refractivity contribution is -0.128. The Balaban J connectivity index is 1.27. The van der Waals surface area contributed by atoms with Gasteiger partial charge in [0.15, 0.2) is 17.2 Å². The van der Waals surface area contributed by atoms with Gasteiger partial charge in [-0.25, -0.2) is 4.68 Å². The molecule has 1 aromatic heterocycles. The molecule has 2 atom stereocenters. The van der Waals surface area contributed by atoms with E-state index in [0.29, 0.717) is 85.3 Å². The van der Waals surface area contributed by atoms with Crippen LogP contribution in [0.5, 0.6) is 11.5 Å². The zero-order valence-corrected chi connectivity index (χ0v) is 35.0. The maximum absolute atomic E-state index is 14.9. The fourth-order valence-corrected chi connectivity index (χ4v) is 8.06. The Morgan fingerprint density at radius 2 is 1.64 bits per heavy atom. The van der Waals surface area contributed by atoms with Crippen molar-refractivity contribution in [3.05, 3.63) is 100 Å². The number of carbonyl (C=O) groups is 4. The Hall–Kier alpha value is -5.69. The summed E-state index contributed by atoms with van der Waals surface area (Å²) < 4.78 is 12.4. The van der Waals surface area contributed by atoms with Gasteiger partial charge in [-0.05, 0) is 92.1 Å². The molecule has 3 aromatic carbocycles. The van der Waals surface area contributed by atoms with Crippen molar-refractivity contribution in [3.8, 4) is 17.2 Å². The minimum absolute atomic E-state index is 0.0779. The number of aliphatic hydroxyl groups excluding tert-OH is 1. The van der Waals surface area contributed by atoms with Gasteiger partial charge >= 0.3 is 0 Å². The number of likely N-dealkylation sites (tertiary alicyclic amines) is 1. The maximum Gasteiger partial charge on any atom is 0.274 e. The van der Waals surface area contributed by atoms with Crippen molar-refractivity contribution in [2.45, 2.75) is 84.7 Å². The molecule has 2 N–H and O–H groups in total. The van der Waals surface area contributed by atoms with E-state index in [1.807, 2.05) is 48.2 Å². The van der Waals surface area contributed by atoms with Gasteiger partial charge in [-0.2, -0.15) is 5.10 Å². The van der Waals surface area contributed by atoms with E-state index in [1.54, 1.807) is 53.0 Å².